The van der Waals surface area contributed by atoms with Gasteiger partial charge in [-0.2, -0.15) is 0 Å². The normalized spacial score (nSPS) is 20.3. The summed E-state index contributed by atoms with van der Waals surface area (Å²) >= 11 is 0. The van der Waals surface area contributed by atoms with E-state index >= 15 is 0 Å². The van der Waals surface area contributed by atoms with Crippen molar-refractivity contribution in [3.8, 4) is 0 Å². The lowest BCUT2D eigenvalue weighted by molar-refractivity contribution is -0.129. The summed E-state index contributed by atoms with van der Waals surface area (Å²) in [6.07, 6.45) is 12.8. The Labute approximate surface area is 152 Å². The number of nitrogens with zero attached hydrogens (tertiary/aromatic N) is 1. The Morgan fingerprint density at radius 3 is 2.40 bits per heavy atom. The molecule has 1 aromatic carbocycles. The lowest BCUT2D eigenvalue weighted by Crippen LogP contribution is -2.41. The summed E-state index contributed by atoms with van der Waals surface area (Å²) in [6, 6.07) is 6.32. The Bertz CT molecular complexity index is 608. The summed E-state index contributed by atoms with van der Waals surface area (Å²) in [7, 11) is 0. The fraction of sp³-hybridized carbons (Fsp3) is 0.591. The van der Waals surface area contributed by atoms with Crippen molar-refractivity contribution >= 4 is 12.0 Å². The molecular formula is C22H31NO2. The van der Waals surface area contributed by atoms with Gasteiger partial charge in [-0.1, -0.05) is 43.0 Å². The highest BCUT2D eigenvalue weighted by molar-refractivity contribution is 5.92. The molecule has 3 heteroatoms. The van der Waals surface area contributed by atoms with Gasteiger partial charge in [-0.15, -0.1) is 0 Å². The fourth-order valence-corrected chi connectivity index (χ4v) is 3.96. The first kappa shape index (κ1) is 18.2. The van der Waals surface area contributed by atoms with Gasteiger partial charge < -0.3 is 9.64 Å². The predicted octanol–water partition coefficient (Wildman–Crippen LogP) is 4.66. The number of hydrogen-bond acceptors (Lipinski definition) is 2. The average Bonchev–Trinajstić information content (AvgIpc) is 2.62. The lowest BCUT2D eigenvalue weighted by atomic mass is 9.97. The van der Waals surface area contributed by atoms with Gasteiger partial charge in [0.2, 0.25) is 5.91 Å². The van der Waals surface area contributed by atoms with E-state index in [-0.39, 0.29) is 5.91 Å². The quantitative estimate of drug-likeness (QED) is 0.746. The van der Waals surface area contributed by atoms with Gasteiger partial charge in [0.1, 0.15) is 0 Å². The van der Waals surface area contributed by atoms with E-state index in [1.54, 1.807) is 6.08 Å². The van der Waals surface area contributed by atoms with Crippen molar-refractivity contribution in [1.29, 1.82) is 0 Å². The van der Waals surface area contributed by atoms with E-state index in [4.69, 9.17) is 4.74 Å². The van der Waals surface area contributed by atoms with E-state index in [0.717, 1.165) is 31.5 Å². The highest BCUT2D eigenvalue weighted by atomic mass is 16.5. The summed E-state index contributed by atoms with van der Waals surface area (Å²) in [5.41, 5.74) is 3.58. The number of ether oxygens (including phenoxy) is 1. The zero-order chi connectivity index (χ0) is 17.6. The van der Waals surface area contributed by atoms with Crippen molar-refractivity contribution in [2.45, 2.75) is 71.0 Å². The number of piperidine rings is 1. The molecule has 1 aliphatic carbocycles. The van der Waals surface area contributed by atoms with Crippen LogP contribution in [0.2, 0.25) is 0 Å². The maximum absolute atomic E-state index is 12.4. The highest BCUT2D eigenvalue weighted by Gasteiger charge is 2.25. The molecule has 1 saturated heterocycles. The van der Waals surface area contributed by atoms with Crippen LogP contribution < -0.4 is 0 Å². The summed E-state index contributed by atoms with van der Waals surface area (Å²) in [4.78, 5) is 14.4. The molecule has 3 rings (SSSR count). The molecule has 1 saturated carbocycles. The van der Waals surface area contributed by atoms with E-state index in [1.165, 1.54) is 43.2 Å². The first-order valence-corrected chi connectivity index (χ1v) is 9.81. The predicted molar refractivity (Wildman–Crippen MR) is 103 cm³/mol. The molecule has 2 fully saturated rings. The molecule has 0 atom stereocenters. The third-order valence-corrected chi connectivity index (χ3v) is 5.52. The maximum Gasteiger partial charge on any atom is 0.246 e. The van der Waals surface area contributed by atoms with Crippen LogP contribution in [0.3, 0.4) is 0 Å². The molecule has 0 spiro atoms. The molecule has 0 aromatic heterocycles. The van der Waals surface area contributed by atoms with Gasteiger partial charge in [0.15, 0.2) is 0 Å². The number of benzene rings is 1. The topological polar surface area (TPSA) is 29.5 Å². The standard InChI is InChI=1S/C22H31NO2/c1-17-8-9-19(18(2)16-17)10-11-22(24)23-14-12-21(13-15-23)25-20-6-4-3-5-7-20/h8-11,16,20-21H,3-7,12-15H2,1-2H3/b11-10+. The van der Waals surface area contributed by atoms with Crippen molar-refractivity contribution in [2.24, 2.45) is 0 Å². The SMILES string of the molecule is Cc1ccc(/C=C/C(=O)N2CCC(OC3CCCCC3)CC2)c(C)c1. The second-order valence-electron chi connectivity index (χ2n) is 7.61. The Morgan fingerprint density at radius 2 is 1.72 bits per heavy atom. The van der Waals surface area contributed by atoms with Crippen LogP contribution in [0.15, 0.2) is 24.3 Å². The molecule has 3 nitrogen and oxygen atoms in total. The van der Waals surface area contributed by atoms with Crippen molar-refractivity contribution in [2.75, 3.05) is 13.1 Å². The largest absolute Gasteiger partial charge is 0.375 e. The molecule has 1 amide bonds. The third kappa shape index (κ3) is 5.18. The van der Waals surface area contributed by atoms with Crippen LogP contribution in [0, 0.1) is 13.8 Å². The molecular weight excluding hydrogens is 310 g/mol. The lowest BCUT2D eigenvalue weighted by Gasteiger charge is -2.34. The number of carbonyl (C=O) groups excluding carboxylic acids is 1. The van der Waals surface area contributed by atoms with Gasteiger partial charge in [-0.25, -0.2) is 0 Å². The summed E-state index contributed by atoms with van der Waals surface area (Å²) in [5, 5.41) is 0. The van der Waals surface area contributed by atoms with Crippen molar-refractivity contribution in [3.05, 3.63) is 41.0 Å². The van der Waals surface area contributed by atoms with E-state index in [1.807, 2.05) is 11.0 Å². The van der Waals surface area contributed by atoms with Crippen molar-refractivity contribution < 1.29 is 9.53 Å². The number of likely N-dealkylation sites (tertiary alicyclic amines) is 1. The fourth-order valence-electron chi connectivity index (χ4n) is 3.96. The molecule has 2 aliphatic rings. The zero-order valence-electron chi connectivity index (χ0n) is 15.7. The van der Waals surface area contributed by atoms with Gasteiger partial charge in [0.05, 0.1) is 12.2 Å². The number of rotatable bonds is 4. The summed E-state index contributed by atoms with van der Waals surface area (Å²) in [6.45, 7) is 5.80. The molecule has 0 N–H and O–H groups in total. The third-order valence-electron chi connectivity index (χ3n) is 5.52. The number of aryl methyl sites for hydroxylation is 2. The van der Waals surface area contributed by atoms with Crippen LogP contribution in [0.5, 0.6) is 0 Å². The van der Waals surface area contributed by atoms with Crippen LogP contribution in [-0.4, -0.2) is 36.1 Å². The van der Waals surface area contributed by atoms with Gasteiger partial charge >= 0.3 is 0 Å². The Morgan fingerprint density at radius 1 is 1.04 bits per heavy atom. The van der Waals surface area contributed by atoms with Gasteiger partial charge in [0.25, 0.3) is 0 Å². The highest BCUT2D eigenvalue weighted by Crippen LogP contribution is 2.24. The molecule has 0 bridgehead atoms. The molecule has 1 aromatic rings. The second kappa shape index (κ2) is 8.66. The average molecular weight is 341 g/mol. The first-order chi connectivity index (χ1) is 12.1. The van der Waals surface area contributed by atoms with E-state index in [0.29, 0.717) is 12.2 Å². The summed E-state index contributed by atoms with van der Waals surface area (Å²) in [5.74, 6) is 0.121. The Balaban J connectivity index is 1.47. The maximum atomic E-state index is 12.4. The van der Waals surface area contributed by atoms with Crippen molar-refractivity contribution in [1.82, 2.24) is 4.90 Å². The Hall–Kier alpha value is -1.61. The molecule has 0 radical (unpaired) electrons. The number of carbonyl (C=O) groups is 1. The minimum absolute atomic E-state index is 0.121. The smallest absolute Gasteiger partial charge is 0.246 e. The molecule has 1 heterocycles. The van der Waals surface area contributed by atoms with E-state index < -0.39 is 0 Å². The van der Waals surface area contributed by atoms with Crippen LogP contribution >= 0.6 is 0 Å². The first-order valence-electron chi connectivity index (χ1n) is 9.81. The van der Waals surface area contributed by atoms with Gasteiger partial charge in [0, 0.05) is 19.2 Å². The van der Waals surface area contributed by atoms with Crippen LogP contribution in [0.1, 0.15) is 61.6 Å². The molecule has 136 valence electrons. The van der Waals surface area contributed by atoms with Crippen LogP contribution in [0.25, 0.3) is 6.08 Å². The van der Waals surface area contributed by atoms with Crippen molar-refractivity contribution in [3.63, 3.8) is 0 Å². The molecule has 25 heavy (non-hydrogen) atoms. The van der Waals surface area contributed by atoms with Gasteiger partial charge in [-0.3, -0.25) is 4.79 Å². The van der Waals surface area contributed by atoms with Gasteiger partial charge in [-0.05, 0) is 56.7 Å². The Kier molecular flexibility index (Phi) is 6.30. The minimum Gasteiger partial charge on any atom is -0.375 e. The summed E-state index contributed by atoms with van der Waals surface area (Å²) < 4.78 is 6.26. The number of hydrogen-bond donors (Lipinski definition) is 0. The monoisotopic (exact) mass is 341 g/mol. The second-order valence-corrected chi connectivity index (χ2v) is 7.61. The van der Waals surface area contributed by atoms with E-state index in [2.05, 4.69) is 32.0 Å². The van der Waals surface area contributed by atoms with Crippen LogP contribution in [-0.2, 0) is 9.53 Å². The zero-order valence-corrected chi connectivity index (χ0v) is 15.7. The minimum atomic E-state index is 0.121. The van der Waals surface area contributed by atoms with E-state index in [9.17, 15) is 4.79 Å². The van der Waals surface area contributed by atoms with Crippen LogP contribution in [0.4, 0.5) is 0 Å². The molecule has 0 unspecified atom stereocenters. The molecule has 1 aliphatic heterocycles. The number of amides is 1.